The van der Waals surface area contributed by atoms with E-state index in [4.69, 9.17) is 24.0 Å². The highest BCUT2D eigenvalue weighted by Gasteiger charge is 2.23. The van der Waals surface area contributed by atoms with Crippen molar-refractivity contribution in [2.24, 2.45) is 0 Å². The van der Waals surface area contributed by atoms with Crippen molar-refractivity contribution in [3.63, 3.8) is 0 Å². The summed E-state index contributed by atoms with van der Waals surface area (Å²) in [4.78, 5) is 4.42. The van der Waals surface area contributed by atoms with E-state index >= 15 is 0 Å². The Hall–Kier alpha value is -2.64. The van der Waals surface area contributed by atoms with Crippen LogP contribution in [0.5, 0.6) is 11.5 Å². The Balaban J connectivity index is 1.63. The number of pyridine rings is 1. The van der Waals surface area contributed by atoms with E-state index in [9.17, 15) is 0 Å². The van der Waals surface area contributed by atoms with Crippen LogP contribution in [-0.2, 0) is 9.47 Å². The van der Waals surface area contributed by atoms with Gasteiger partial charge in [-0.25, -0.2) is 4.68 Å². The molecule has 2 aromatic heterocycles. The van der Waals surface area contributed by atoms with Gasteiger partial charge in [0.05, 0.1) is 31.0 Å². The summed E-state index contributed by atoms with van der Waals surface area (Å²) in [5, 5.41) is 6.01. The summed E-state index contributed by atoms with van der Waals surface area (Å²) in [7, 11) is 0. The Morgan fingerprint density at radius 3 is 2.71 bits per heavy atom. The molecule has 164 valence electrons. The fraction of sp³-hybridized carbons (Fsp3) is 0.500. The SMILES string of the molecule is C[C@@H]1CCOC[C@@H](C)Oc2ccc3c(c2)c(nn3C2CCCCO2)-c2cncc(c2)O1. The van der Waals surface area contributed by atoms with E-state index in [1.807, 2.05) is 36.9 Å². The zero-order valence-corrected chi connectivity index (χ0v) is 18.1. The third kappa shape index (κ3) is 4.38. The summed E-state index contributed by atoms with van der Waals surface area (Å²) in [6.45, 7) is 5.99. The molecule has 0 spiro atoms. The molecule has 2 aliphatic heterocycles. The van der Waals surface area contributed by atoms with Crippen LogP contribution < -0.4 is 9.47 Å². The van der Waals surface area contributed by atoms with Gasteiger partial charge in [0.15, 0.2) is 6.23 Å². The molecule has 1 saturated heterocycles. The van der Waals surface area contributed by atoms with Gasteiger partial charge in [0.2, 0.25) is 0 Å². The van der Waals surface area contributed by atoms with E-state index in [1.54, 1.807) is 6.20 Å². The summed E-state index contributed by atoms with van der Waals surface area (Å²) in [5.74, 6) is 1.54. The molecule has 1 unspecified atom stereocenters. The second-order valence-electron chi connectivity index (χ2n) is 8.42. The minimum absolute atomic E-state index is 0.0210. The second kappa shape index (κ2) is 8.85. The molecule has 1 fully saturated rings. The molecular weight excluding hydrogens is 394 g/mol. The number of hydrogen-bond donors (Lipinski definition) is 0. The Kier molecular flexibility index (Phi) is 5.78. The maximum atomic E-state index is 6.15. The molecule has 3 aromatic rings. The van der Waals surface area contributed by atoms with E-state index in [1.165, 1.54) is 0 Å². The molecule has 3 atom stereocenters. The van der Waals surface area contributed by atoms with Crippen molar-refractivity contribution in [2.75, 3.05) is 19.8 Å². The third-order valence-corrected chi connectivity index (χ3v) is 5.79. The molecule has 7 nitrogen and oxygen atoms in total. The van der Waals surface area contributed by atoms with E-state index in [2.05, 4.69) is 17.1 Å². The van der Waals surface area contributed by atoms with Gasteiger partial charge in [-0.15, -0.1) is 0 Å². The van der Waals surface area contributed by atoms with Crippen molar-refractivity contribution < 1.29 is 18.9 Å². The van der Waals surface area contributed by atoms with Gasteiger partial charge in [-0.2, -0.15) is 5.10 Å². The maximum absolute atomic E-state index is 6.15. The molecule has 0 amide bonds. The molecule has 5 rings (SSSR count). The third-order valence-electron chi connectivity index (χ3n) is 5.79. The normalized spacial score (nSPS) is 24.8. The number of aromatic nitrogens is 3. The van der Waals surface area contributed by atoms with E-state index in [0.717, 1.165) is 65.9 Å². The van der Waals surface area contributed by atoms with E-state index in [0.29, 0.717) is 13.2 Å². The highest BCUT2D eigenvalue weighted by atomic mass is 16.5. The van der Waals surface area contributed by atoms with Crippen LogP contribution in [0.1, 0.15) is 45.8 Å². The van der Waals surface area contributed by atoms with Gasteiger partial charge in [-0.1, -0.05) is 0 Å². The molecule has 0 N–H and O–H groups in total. The average molecular weight is 424 g/mol. The average Bonchev–Trinajstić information content (AvgIpc) is 3.16. The van der Waals surface area contributed by atoms with Crippen LogP contribution >= 0.6 is 0 Å². The van der Waals surface area contributed by atoms with Crippen molar-refractivity contribution in [1.82, 2.24) is 14.8 Å². The van der Waals surface area contributed by atoms with Crippen LogP contribution in [-0.4, -0.2) is 46.8 Å². The Bertz CT molecular complexity index is 1040. The molecule has 1 aromatic carbocycles. The van der Waals surface area contributed by atoms with Crippen LogP contribution in [0.2, 0.25) is 0 Å². The molecule has 2 aliphatic rings. The molecule has 31 heavy (non-hydrogen) atoms. The Labute approximate surface area is 182 Å². The van der Waals surface area contributed by atoms with Gasteiger partial charge in [-0.3, -0.25) is 4.98 Å². The minimum Gasteiger partial charge on any atom is -0.489 e. The lowest BCUT2D eigenvalue weighted by Gasteiger charge is -2.23. The molecule has 4 bridgehead atoms. The Morgan fingerprint density at radius 2 is 1.84 bits per heavy atom. The fourth-order valence-electron chi connectivity index (χ4n) is 4.21. The largest absolute Gasteiger partial charge is 0.489 e. The van der Waals surface area contributed by atoms with E-state index < -0.39 is 0 Å². The van der Waals surface area contributed by atoms with Crippen molar-refractivity contribution >= 4 is 10.9 Å². The molecule has 0 aliphatic carbocycles. The molecule has 0 radical (unpaired) electrons. The van der Waals surface area contributed by atoms with E-state index in [-0.39, 0.29) is 18.4 Å². The first-order valence-electron chi connectivity index (χ1n) is 11.2. The van der Waals surface area contributed by atoms with Gasteiger partial charge in [0.25, 0.3) is 0 Å². The van der Waals surface area contributed by atoms with Crippen molar-refractivity contribution in [1.29, 1.82) is 0 Å². The molecular formula is C24H29N3O4. The van der Waals surface area contributed by atoms with Crippen LogP contribution in [0.3, 0.4) is 0 Å². The van der Waals surface area contributed by atoms with Gasteiger partial charge in [-0.05, 0) is 57.4 Å². The smallest absolute Gasteiger partial charge is 0.150 e. The molecule has 0 saturated carbocycles. The first kappa shape index (κ1) is 20.3. The predicted octanol–water partition coefficient (Wildman–Crippen LogP) is 4.75. The highest BCUT2D eigenvalue weighted by Crippen LogP contribution is 2.35. The zero-order valence-electron chi connectivity index (χ0n) is 18.1. The van der Waals surface area contributed by atoms with Gasteiger partial charge in [0, 0.05) is 30.2 Å². The van der Waals surface area contributed by atoms with Crippen LogP contribution in [0, 0.1) is 0 Å². The summed E-state index contributed by atoms with van der Waals surface area (Å²) in [6.07, 6.45) is 7.49. The number of benzene rings is 1. The predicted molar refractivity (Wildman–Crippen MR) is 117 cm³/mol. The van der Waals surface area contributed by atoms with Crippen LogP contribution in [0.25, 0.3) is 22.2 Å². The lowest BCUT2D eigenvalue weighted by atomic mass is 10.1. The topological polar surface area (TPSA) is 67.6 Å². The molecule has 4 heterocycles. The standard InChI is InChI=1S/C24H29N3O4/c1-16-8-10-28-15-17(2)31-19-6-7-22-21(12-19)24(18-11-20(30-16)14-25-13-18)26-27(22)23-5-3-4-9-29-23/h6-7,11-14,16-17,23H,3-5,8-10,15H2,1-2H3/t16-,17-,23?/m1/s1. The van der Waals surface area contributed by atoms with Gasteiger partial charge < -0.3 is 18.9 Å². The lowest BCUT2D eigenvalue weighted by Crippen LogP contribution is -2.21. The van der Waals surface area contributed by atoms with Crippen molar-refractivity contribution in [3.05, 3.63) is 36.7 Å². The summed E-state index contributed by atoms with van der Waals surface area (Å²) < 4.78 is 26.1. The first-order valence-corrected chi connectivity index (χ1v) is 11.2. The fourth-order valence-corrected chi connectivity index (χ4v) is 4.21. The summed E-state index contributed by atoms with van der Waals surface area (Å²) in [6, 6.07) is 8.14. The zero-order chi connectivity index (χ0) is 21.2. The quantitative estimate of drug-likeness (QED) is 0.563. The highest BCUT2D eigenvalue weighted by molar-refractivity contribution is 5.94. The van der Waals surface area contributed by atoms with Crippen LogP contribution in [0.15, 0.2) is 36.7 Å². The summed E-state index contributed by atoms with van der Waals surface area (Å²) >= 11 is 0. The second-order valence-corrected chi connectivity index (χ2v) is 8.42. The maximum Gasteiger partial charge on any atom is 0.150 e. The minimum atomic E-state index is -0.0540. The monoisotopic (exact) mass is 423 g/mol. The first-order chi connectivity index (χ1) is 15.2. The lowest BCUT2D eigenvalue weighted by molar-refractivity contribution is -0.0365. The summed E-state index contributed by atoms with van der Waals surface area (Å²) in [5.41, 5.74) is 2.81. The molecule has 7 heteroatoms. The van der Waals surface area contributed by atoms with Crippen molar-refractivity contribution in [3.8, 4) is 22.8 Å². The van der Waals surface area contributed by atoms with Gasteiger partial charge in [0.1, 0.15) is 23.3 Å². The number of nitrogens with zero attached hydrogens (tertiary/aromatic N) is 3. The van der Waals surface area contributed by atoms with Gasteiger partial charge >= 0.3 is 0 Å². The number of hydrogen-bond acceptors (Lipinski definition) is 6. The number of rotatable bonds is 1. The Morgan fingerprint density at radius 1 is 0.935 bits per heavy atom. The van der Waals surface area contributed by atoms with Crippen molar-refractivity contribution in [2.45, 2.75) is 58.0 Å². The number of fused-ring (bicyclic) bond motifs is 4. The van der Waals surface area contributed by atoms with Crippen LogP contribution in [0.4, 0.5) is 0 Å². The number of ether oxygens (including phenoxy) is 4.